The van der Waals surface area contributed by atoms with Crippen molar-refractivity contribution >= 4 is 17.3 Å². The maximum absolute atomic E-state index is 4.38. The van der Waals surface area contributed by atoms with Gasteiger partial charge in [0.2, 0.25) is 0 Å². The molecule has 18 heavy (non-hydrogen) atoms. The molecule has 1 aromatic carbocycles. The smallest absolute Gasteiger partial charge is 0.136 e. The fourth-order valence-electron chi connectivity index (χ4n) is 1.85. The molecule has 2 rings (SSSR count). The summed E-state index contributed by atoms with van der Waals surface area (Å²) >= 11 is 0. The van der Waals surface area contributed by atoms with Gasteiger partial charge in [-0.05, 0) is 32.4 Å². The Kier molecular flexibility index (Phi) is 3.46. The summed E-state index contributed by atoms with van der Waals surface area (Å²) in [5.74, 6) is 2.36. The highest BCUT2D eigenvalue weighted by molar-refractivity contribution is 5.62. The summed E-state index contributed by atoms with van der Waals surface area (Å²) in [6.07, 6.45) is 0. The Hall–Kier alpha value is -2.10. The van der Waals surface area contributed by atoms with Crippen LogP contribution in [0, 0.1) is 20.8 Å². The molecule has 0 saturated carbocycles. The predicted molar refractivity (Wildman–Crippen MR) is 75.5 cm³/mol. The molecule has 0 bridgehead atoms. The van der Waals surface area contributed by atoms with Crippen molar-refractivity contribution in [3.05, 3.63) is 41.2 Å². The van der Waals surface area contributed by atoms with Gasteiger partial charge >= 0.3 is 0 Å². The molecule has 1 aromatic heterocycles. The van der Waals surface area contributed by atoms with Crippen molar-refractivity contribution in [2.45, 2.75) is 20.8 Å². The van der Waals surface area contributed by atoms with E-state index >= 15 is 0 Å². The Morgan fingerprint density at radius 1 is 0.944 bits per heavy atom. The van der Waals surface area contributed by atoms with Crippen molar-refractivity contribution in [2.24, 2.45) is 0 Å². The van der Waals surface area contributed by atoms with Crippen molar-refractivity contribution in [1.29, 1.82) is 0 Å². The number of hydrogen-bond acceptors (Lipinski definition) is 4. The first kappa shape index (κ1) is 12.4. The molecule has 0 saturated heterocycles. The molecule has 0 fully saturated rings. The van der Waals surface area contributed by atoms with Gasteiger partial charge in [0.05, 0.1) is 0 Å². The predicted octanol–water partition coefficient (Wildman–Crippen LogP) is 3.19. The second-order valence-corrected chi connectivity index (χ2v) is 4.38. The quantitative estimate of drug-likeness (QED) is 0.868. The zero-order valence-electron chi connectivity index (χ0n) is 11.2. The summed E-state index contributed by atoms with van der Waals surface area (Å²) in [6.45, 7) is 6.06. The summed E-state index contributed by atoms with van der Waals surface area (Å²) in [4.78, 5) is 8.65. The molecule has 1 heterocycles. The van der Waals surface area contributed by atoms with Crippen LogP contribution in [0.5, 0.6) is 0 Å². The fraction of sp³-hybridized carbons (Fsp3) is 0.286. The minimum atomic E-state index is 0.745. The summed E-state index contributed by atoms with van der Waals surface area (Å²) in [5, 5.41) is 6.35. The summed E-state index contributed by atoms with van der Waals surface area (Å²) in [7, 11) is 1.85. The van der Waals surface area contributed by atoms with Crippen molar-refractivity contribution in [2.75, 3.05) is 17.7 Å². The van der Waals surface area contributed by atoms with Gasteiger partial charge in [-0.15, -0.1) is 0 Å². The standard InChI is InChI=1S/C14H18N4/c1-9-5-6-12(10(2)7-9)18-14-8-13(15-4)16-11(3)17-14/h5-8H,1-4H3,(H2,15,16,17,18). The number of aryl methyl sites for hydroxylation is 3. The average molecular weight is 242 g/mol. The Bertz CT molecular complexity index is 564. The third kappa shape index (κ3) is 2.77. The number of hydrogen-bond donors (Lipinski definition) is 2. The number of aromatic nitrogens is 2. The highest BCUT2D eigenvalue weighted by Crippen LogP contribution is 2.21. The molecule has 0 aliphatic carbocycles. The Morgan fingerprint density at radius 3 is 2.33 bits per heavy atom. The molecule has 0 atom stereocenters. The number of nitrogens with one attached hydrogen (secondary N) is 2. The lowest BCUT2D eigenvalue weighted by Crippen LogP contribution is -2.02. The van der Waals surface area contributed by atoms with Gasteiger partial charge in [0.15, 0.2) is 0 Å². The first-order valence-corrected chi connectivity index (χ1v) is 5.96. The van der Waals surface area contributed by atoms with E-state index in [2.05, 4.69) is 52.6 Å². The average Bonchev–Trinajstić information content (AvgIpc) is 2.32. The van der Waals surface area contributed by atoms with Crippen LogP contribution in [0.1, 0.15) is 17.0 Å². The fourth-order valence-corrected chi connectivity index (χ4v) is 1.85. The summed E-state index contributed by atoms with van der Waals surface area (Å²) in [6, 6.07) is 8.20. The van der Waals surface area contributed by atoms with E-state index in [4.69, 9.17) is 0 Å². The molecule has 2 aromatic rings. The Morgan fingerprint density at radius 2 is 1.67 bits per heavy atom. The van der Waals surface area contributed by atoms with Crippen LogP contribution in [0.2, 0.25) is 0 Å². The molecule has 4 heteroatoms. The molecular formula is C14H18N4. The lowest BCUT2D eigenvalue weighted by atomic mass is 10.1. The van der Waals surface area contributed by atoms with Gasteiger partial charge in [-0.2, -0.15) is 0 Å². The van der Waals surface area contributed by atoms with E-state index in [1.807, 2.05) is 20.0 Å². The third-order valence-corrected chi connectivity index (χ3v) is 2.74. The van der Waals surface area contributed by atoms with E-state index in [1.54, 1.807) is 0 Å². The first-order valence-electron chi connectivity index (χ1n) is 5.96. The van der Waals surface area contributed by atoms with E-state index in [-0.39, 0.29) is 0 Å². The zero-order valence-corrected chi connectivity index (χ0v) is 11.2. The Labute approximate surface area is 107 Å². The normalized spacial score (nSPS) is 10.2. The maximum Gasteiger partial charge on any atom is 0.136 e. The van der Waals surface area contributed by atoms with Crippen molar-refractivity contribution in [1.82, 2.24) is 9.97 Å². The second-order valence-electron chi connectivity index (χ2n) is 4.38. The number of anilines is 3. The van der Waals surface area contributed by atoms with E-state index in [0.717, 1.165) is 23.1 Å². The maximum atomic E-state index is 4.38. The highest BCUT2D eigenvalue weighted by Gasteiger charge is 2.03. The van der Waals surface area contributed by atoms with Crippen molar-refractivity contribution in [3.8, 4) is 0 Å². The van der Waals surface area contributed by atoms with Crippen LogP contribution in [0.15, 0.2) is 24.3 Å². The van der Waals surface area contributed by atoms with E-state index in [0.29, 0.717) is 0 Å². The largest absolute Gasteiger partial charge is 0.373 e. The van der Waals surface area contributed by atoms with Crippen LogP contribution >= 0.6 is 0 Å². The van der Waals surface area contributed by atoms with Crippen molar-refractivity contribution in [3.63, 3.8) is 0 Å². The van der Waals surface area contributed by atoms with Crippen LogP contribution in [0.4, 0.5) is 17.3 Å². The number of benzene rings is 1. The SMILES string of the molecule is CNc1cc(Nc2ccc(C)cc2C)nc(C)n1. The minimum absolute atomic E-state index is 0.745. The minimum Gasteiger partial charge on any atom is -0.373 e. The van der Waals surface area contributed by atoms with Gasteiger partial charge in [-0.25, -0.2) is 9.97 Å². The van der Waals surface area contributed by atoms with E-state index in [9.17, 15) is 0 Å². The van der Waals surface area contributed by atoms with Gasteiger partial charge in [-0.1, -0.05) is 17.7 Å². The van der Waals surface area contributed by atoms with Crippen LogP contribution < -0.4 is 10.6 Å². The summed E-state index contributed by atoms with van der Waals surface area (Å²) in [5.41, 5.74) is 3.53. The van der Waals surface area contributed by atoms with Crippen LogP contribution in [-0.2, 0) is 0 Å². The molecule has 0 aliphatic heterocycles. The summed E-state index contributed by atoms with van der Waals surface area (Å²) < 4.78 is 0. The molecule has 2 N–H and O–H groups in total. The first-order chi connectivity index (χ1) is 8.58. The number of nitrogens with zero attached hydrogens (tertiary/aromatic N) is 2. The molecule has 0 unspecified atom stereocenters. The lowest BCUT2D eigenvalue weighted by Gasteiger charge is -2.11. The molecule has 0 aliphatic rings. The highest BCUT2D eigenvalue weighted by atomic mass is 15.1. The molecule has 4 nitrogen and oxygen atoms in total. The van der Waals surface area contributed by atoms with Gasteiger partial charge in [0.25, 0.3) is 0 Å². The Balaban J connectivity index is 2.30. The zero-order chi connectivity index (χ0) is 13.1. The molecule has 0 radical (unpaired) electrons. The van der Waals surface area contributed by atoms with Gasteiger partial charge in [-0.3, -0.25) is 0 Å². The lowest BCUT2D eigenvalue weighted by molar-refractivity contribution is 1.05. The van der Waals surface area contributed by atoms with Crippen molar-refractivity contribution < 1.29 is 0 Å². The van der Waals surface area contributed by atoms with Gasteiger partial charge in [0, 0.05) is 18.8 Å². The number of rotatable bonds is 3. The van der Waals surface area contributed by atoms with Crippen LogP contribution in [0.3, 0.4) is 0 Å². The van der Waals surface area contributed by atoms with Gasteiger partial charge < -0.3 is 10.6 Å². The molecular weight excluding hydrogens is 224 g/mol. The van der Waals surface area contributed by atoms with Gasteiger partial charge in [0.1, 0.15) is 17.5 Å². The molecule has 0 spiro atoms. The topological polar surface area (TPSA) is 49.8 Å². The van der Waals surface area contributed by atoms with Crippen LogP contribution in [-0.4, -0.2) is 17.0 Å². The van der Waals surface area contributed by atoms with E-state index < -0.39 is 0 Å². The third-order valence-electron chi connectivity index (χ3n) is 2.74. The van der Waals surface area contributed by atoms with E-state index in [1.165, 1.54) is 11.1 Å². The second kappa shape index (κ2) is 5.04. The molecule has 0 amide bonds. The molecule has 94 valence electrons. The van der Waals surface area contributed by atoms with Crippen LogP contribution in [0.25, 0.3) is 0 Å². The monoisotopic (exact) mass is 242 g/mol.